The predicted octanol–water partition coefficient (Wildman–Crippen LogP) is 4.71. The first kappa shape index (κ1) is 26.7. The molecule has 0 spiro atoms. The van der Waals surface area contributed by atoms with Gasteiger partial charge in [0.05, 0.1) is 23.4 Å². The van der Waals surface area contributed by atoms with E-state index in [-0.39, 0.29) is 28.9 Å². The molecule has 4 aromatic rings. The fraction of sp³-hybridized carbons (Fsp3) is 0.222. The third-order valence-electron chi connectivity index (χ3n) is 6.00. The van der Waals surface area contributed by atoms with Crippen molar-refractivity contribution in [1.82, 2.24) is 19.1 Å². The number of nitriles is 1. The third kappa shape index (κ3) is 4.93. The van der Waals surface area contributed by atoms with Crippen LogP contribution >= 0.6 is 11.6 Å². The van der Waals surface area contributed by atoms with Gasteiger partial charge in [-0.05, 0) is 39.3 Å². The molecule has 0 radical (unpaired) electrons. The van der Waals surface area contributed by atoms with Crippen molar-refractivity contribution in [3.05, 3.63) is 109 Å². The van der Waals surface area contributed by atoms with Crippen LogP contribution in [-0.4, -0.2) is 19.1 Å². The normalized spacial score (nSPS) is 11.3. The summed E-state index contributed by atoms with van der Waals surface area (Å²) < 4.78 is 35.2. The predicted molar refractivity (Wildman–Crippen MR) is 137 cm³/mol. The van der Waals surface area contributed by atoms with Crippen molar-refractivity contribution in [2.24, 2.45) is 0 Å². The van der Waals surface area contributed by atoms with Gasteiger partial charge in [0.15, 0.2) is 5.82 Å². The Kier molecular flexibility index (Phi) is 7.16. The van der Waals surface area contributed by atoms with Crippen molar-refractivity contribution in [1.29, 1.82) is 5.26 Å². The molecule has 0 saturated heterocycles. The summed E-state index contributed by atoms with van der Waals surface area (Å²) in [4.78, 5) is 34.5. The van der Waals surface area contributed by atoms with Gasteiger partial charge in [0.2, 0.25) is 0 Å². The Hall–Kier alpha value is -4.36. The van der Waals surface area contributed by atoms with Gasteiger partial charge >= 0.3 is 0 Å². The number of hydrogen-bond donors (Lipinski definition) is 0. The molecule has 0 unspecified atom stereocenters. The van der Waals surface area contributed by atoms with Gasteiger partial charge in [0.1, 0.15) is 34.7 Å². The van der Waals surface area contributed by atoms with Crippen molar-refractivity contribution in [3.63, 3.8) is 0 Å². The maximum Gasteiger partial charge on any atom is 0.277 e. The van der Waals surface area contributed by atoms with Crippen LogP contribution in [0.2, 0.25) is 5.02 Å². The lowest BCUT2D eigenvalue weighted by atomic mass is 9.87. The van der Waals surface area contributed by atoms with E-state index in [1.807, 2.05) is 0 Å². The lowest BCUT2D eigenvalue weighted by molar-refractivity contribution is 0.292. The van der Waals surface area contributed by atoms with Gasteiger partial charge in [-0.3, -0.25) is 23.7 Å². The fourth-order valence-corrected chi connectivity index (χ4v) is 4.06. The van der Waals surface area contributed by atoms with Crippen LogP contribution in [0.5, 0.6) is 5.75 Å². The molecule has 194 valence electrons. The summed E-state index contributed by atoms with van der Waals surface area (Å²) in [6.07, 6.45) is 3.91. The van der Waals surface area contributed by atoms with Crippen LogP contribution in [0, 0.1) is 36.8 Å². The Labute approximate surface area is 221 Å². The van der Waals surface area contributed by atoms with Gasteiger partial charge in [-0.1, -0.05) is 17.7 Å². The zero-order valence-electron chi connectivity index (χ0n) is 20.9. The van der Waals surface area contributed by atoms with E-state index in [0.29, 0.717) is 28.6 Å². The largest absolute Gasteiger partial charge is 0.485 e. The number of ether oxygens (including phenoxy) is 1. The van der Waals surface area contributed by atoms with Gasteiger partial charge in [-0.25, -0.2) is 13.8 Å². The quantitative estimate of drug-likeness (QED) is 0.353. The van der Waals surface area contributed by atoms with Crippen molar-refractivity contribution in [3.8, 4) is 23.3 Å². The highest BCUT2D eigenvalue weighted by molar-refractivity contribution is 6.31. The highest BCUT2D eigenvalue weighted by Crippen LogP contribution is 2.26. The summed E-state index contributed by atoms with van der Waals surface area (Å²) in [6.45, 7) is 6.33. The summed E-state index contributed by atoms with van der Waals surface area (Å²) in [6, 6.07) is 9.14. The molecule has 0 aliphatic carbocycles. The van der Waals surface area contributed by atoms with Crippen LogP contribution in [0.1, 0.15) is 36.4 Å². The Morgan fingerprint density at radius 2 is 1.84 bits per heavy atom. The Morgan fingerprint density at radius 1 is 1.11 bits per heavy atom. The number of aryl methyl sites for hydroxylation is 2. The van der Waals surface area contributed by atoms with Crippen LogP contribution in [0.3, 0.4) is 0 Å². The minimum atomic E-state index is -1.02. The van der Waals surface area contributed by atoms with E-state index in [1.165, 1.54) is 27.6 Å². The van der Waals surface area contributed by atoms with E-state index < -0.39 is 28.2 Å². The molecule has 38 heavy (non-hydrogen) atoms. The standard InChI is InChI=1S/C27H22ClF2N5O3/c1-15-11-33-23(34-7-5-6-18(25(34)36)27(3,4)14-31)10-21(15)35-16(2)8-22(24(28)26(35)37)38-13-20-19(30)9-17(29)12-32-20/h5-12H,13H2,1-4H3. The molecular formula is C27H22ClF2N5O3. The molecule has 0 aliphatic rings. The average Bonchev–Trinajstić information content (AvgIpc) is 2.87. The molecule has 8 nitrogen and oxygen atoms in total. The van der Waals surface area contributed by atoms with Gasteiger partial charge in [-0.15, -0.1) is 0 Å². The molecule has 0 fully saturated rings. The van der Waals surface area contributed by atoms with Crippen LogP contribution in [0.15, 0.2) is 58.5 Å². The van der Waals surface area contributed by atoms with Gasteiger partial charge in [0.25, 0.3) is 11.1 Å². The van der Waals surface area contributed by atoms with Gasteiger partial charge in [-0.2, -0.15) is 5.26 Å². The molecule has 0 saturated carbocycles. The van der Waals surface area contributed by atoms with E-state index in [0.717, 1.165) is 6.20 Å². The average molecular weight is 538 g/mol. The maximum absolute atomic E-state index is 13.9. The number of aromatic nitrogens is 4. The molecule has 0 atom stereocenters. The number of rotatable bonds is 6. The monoisotopic (exact) mass is 537 g/mol. The molecule has 11 heteroatoms. The number of pyridine rings is 4. The molecule has 0 N–H and O–H groups in total. The second-order valence-electron chi connectivity index (χ2n) is 9.14. The third-order valence-corrected chi connectivity index (χ3v) is 6.34. The van der Waals surface area contributed by atoms with Gasteiger partial charge < -0.3 is 4.74 Å². The minimum absolute atomic E-state index is 0.00512. The van der Waals surface area contributed by atoms with Crippen molar-refractivity contribution in [2.45, 2.75) is 39.7 Å². The van der Waals surface area contributed by atoms with E-state index in [4.69, 9.17) is 16.3 Å². The van der Waals surface area contributed by atoms with E-state index in [2.05, 4.69) is 16.0 Å². The summed E-state index contributed by atoms with van der Waals surface area (Å²) in [7, 11) is 0. The van der Waals surface area contributed by atoms with E-state index in [9.17, 15) is 23.6 Å². The molecule has 0 bridgehead atoms. The number of halogens is 3. The molecule has 0 aromatic carbocycles. The van der Waals surface area contributed by atoms with E-state index in [1.54, 1.807) is 45.9 Å². The summed E-state index contributed by atoms with van der Waals surface area (Å²) >= 11 is 6.34. The summed E-state index contributed by atoms with van der Waals surface area (Å²) in [5.74, 6) is -1.46. The minimum Gasteiger partial charge on any atom is -0.485 e. The Bertz CT molecular complexity index is 1720. The highest BCUT2D eigenvalue weighted by atomic mass is 35.5. The van der Waals surface area contributed by atoms with Crippen LogP contribution in [-0.2, 0) is 12.0 Å². The second kappa shape index (κ2) is 10.2. The first-order chi connectivity index (χ1) is 17.9. The second-order valence-corrected chi connectivity index (χ2v) is 9.52. The van der Waals surface area contributed by atoms with Crippen LogP contribution in [0.4, 0.5) is 8.78 Å². The van der Waals surface area contributed by atoms with Crippen molar-refractivity contribution < 1.29 is 13.5 Å². The highest BCUT2D eigenvalue weighted by Gasteiger charge is 2.25. The number of nitrogens with zero attached hydrogens (tertiary/aromatic N) is 5. The number of hydrogen-bond acceptors (Lipinski definition) is 6. The van der Waals surface area contributed by atoms with Gasteiger partial charge in [0, 0.05) is 41.9 Å². The first-order valence-electron chi connectivity index (χ1n) is 11.4. The zero-order chi connectivity index (χ0) is 27.8. The zero-order valence-corrected chi connectivity index (χ0v) is 21.7. The molecule has 0 aliphatic heterocycles. The molecular weight excluding hydrogens is 516 g/mol. The molecule has 4 heterocycles. The first-order valence-corrected chi connectivity index (χ1v) is 11.8. The fourth-order valence-electron chi connectivity index (χ4n) is 3.87. The summed E-state index contributed by atoms with van der Waals surface area (Å²) in [5.41, 5.74) is -0.389. The van der Waals surface area contributed by atoms with Crippen molar-refractivity contribution >= 4 is 11.6 Å². The SMILES string of the molecule is Cc1cnc(-n2cccc(C(C)(C)C#N)c2=O)cc1-n1c(C)cc(OCc2ncc(F)cc2F)c(Cl)c1=O. The molecule has 0 amide bonds. The van der Waals surface area contributed by atoms with Crippen LogP contribution in [0.25, 0.3) is 11.5 Å². The smallest absolute Gasteiger partial charge is 0.277 e. The Morgan fingerprint density at radius 3 is 2.53 bits per heavy atom. The van der Waals surface area contributed by atoms with Crippen LogP contribution < -0.4 is 15.9 Å². The Balaban J connectivity index is 1.76. The summed E-state index contributed by atoms with van der Waals surface area (Å²) in [5, 5.41) is 9.23. The maximum atomic E-state index is 13.9. The lowest BCUT2D eigenvalue weighted by Crippen LogP contribution is -2.30. The lowest BCUT2D eigenvalue weighted by Gasteiger charge is -2.18. The van der Waals surface area contributed by atoms with E-state index >= 15 is 0 Å². The van der Waals surface area contributed by atoms with Crippen molar-refractivity contribution in [2.75, 3.05) is 0 Å². The molecule has 4 rings (SSSR count). The molecule has 4 aromatic heterocycles. The topological polar surface area (TPSA) is 103 Å².